The van der Waals surface area contributed by atoms with Gasteiger partial charge >= 0.3 is 0 Å². The minimum Gasteiger partial charge on any atom is -0.497 e. The normalized spacial score (nSPS) is 20.5. The third-order valence-corrected chi connectivity index (χ3v) is 4.39. The van der Waals surface area contributed by atoms with Gasteiger partial charge in [0.05, 0.1) is 14.2 Å². The van der Waals surface area contributed by atoms with Crippen molar-refractivity contribution in [2.75, 3.05) is 27.3 Å². The Morgan fingerprint density at radius 3 is 2.43 bits per heavy atom. The van der Waals surface area contributed by atoms with E-state index in [1.54, 1.807) is 32.4 Å². The second-order valence-corrected chi connectivity index (χ2v) is 6.16. The van der Waals surface area contributed by atoms with Gasteiger partial charge in [0.1, 0.15) is 11.5 Å². The van der Waals surface area contributed by atoms with Crippen LogP contribution >= 0.6 is 0 Å². The van der Waals surface area contributed by atoms with Crippen LogP contribution in [0.3, 0.4) is 0 Å². The third-order valence-electron chi connectivity index (χ3n) is 4.39. The summed E-state index contributed by atoms with van der Waals surface area (Å²) in [5.74, 6) is 1.38. The molecule has 0 aromatic heterocycles. The van der Waals surface area contributed by atoms with Gasteiger partial charge in [-0.2, -0.15) is 0 Å². The van der Waals surface area contributed by atoms with Crippen LogP contribution in [0.25, 0.3) is 0 Å². The van der Waals surface area contributed by atoms with E-state index in [0.717, 1.165) is 19.4 Å². The molecule has 1 N–H and O–H groups in total. The first-order chi connectivity index (χ1) is 11.1. The monoisotopic (exact) mass is 318 g/mol. The maximum atomic E-state index is 12.3. The van der Waals surface area contributed by atoms with E-state index in [4.69, 9.17) is 9.47 Å². The van der Waals surface area contributed by atoms with E-state index in [2.05, 4.69) is 5.32 Å². The van der Waals surface area contributed by atoms with Gasteiger partial charge in [-0.3, -0.25) is 9.59 Å². The molecule has 1 aromatic rings. The second-order valence-electron chi connectivity index (χ2n) is 6.16. The van der Waals surface area contributed by atoms with E-state index < -0.39 is 0 Å². The molecule has 1 saturated heterocycles. The molecule has 1 aliphatic heterocycles. The largest absolute Gasteiger partial charge is 0.497 e. The molecule has 1 unspecified atom stereocenters. The van der Waals surface area contributed by atoms with Gasteiger partial charge in [0, 0.05) is 43.1 Å². The fourth-order valence-corrected chi connectivity index (χ4v) is 2.96. The van der Waals surface area contributed by atoms with Gasteiger partial charge in [0.25, 0.3) is 5.91 Å². The van der Waals surface area contributed by atoms with Gasteiger partial charge in [0.2, 0.25) is 5.91 Å². The Hall–Kier alpha value is -2.24. The SMILES string of the molecule is COc1cc(OC)cc(C(=O)NCC2CC(=O)N(C3CC3)C2)c1. The number of nitrogens with zero attached hydrogens (tertiary/aromatic N) is 1. The van der Waals surface area contributed by atoms with Crippen LogP contribution in [-0.2, 0) is 4.79 Å². The lowest BCUT2D eigenvalue weighted by atomic mass is 10.1. The lowest BCUT2D eigenvalue weighted by Gasteiger charge is -2.16. The molecule has 3 rings (SSSR count). The zero-order valence-corrected chi connectivity index (χ0v) is 13.5. The zero-order chi connectivity index (χ0) is 16.4. The van der Waals surface area contributed by atoms with Crippen LogP contribution in [0.15, 0.2) is 18.2 Å². The quantitative estimate of drug-likeness (QED) is 0.862. The molecule has 0 bridgehead atoms. The zero-order valence-electron chi connectivity index (χ0n) is 13.5. The van der Waals surface area contributed by atoms with Crippen molar-refractivity contribution in [3.63, 3.8) is 0 Å². The summed E-state index contributed by atoms with van der Waals surface area (Å²) >= 11 is 0. The topological polar surface area (TPSA) is 67.9 Å². The highest BCUT2D eigenvalue weighted by atomic mass is 16.5. The minimum atomic E-state index is -0.181. The number of methoxy groups -OCH3 is 2. The molecule has 0 radical (unpaired) electrons. The lowest BCUT2D eigenvalue weighted by molar-refractivity contribution is -0.128. The number of hydrogen-bond donors (Lipinski definition) is 1. The molecular weight excluding hydrogens is 296 g/mol. The molecule has 124 valence electrons. The van der Waals surface area contributed by atoms with Crippen molar-refractivity contribution in [1.29, 1.82) is 0 Å². The van der Waals surface area contributed by atoms with Crippen LogP contribution in [-0.4, -0.2) is 50.1 Å². The Morgan fingerprint density at radius 1 is 1.22 bits per heavy atom. The lowest BCUT2D eigenvalue weighted by Crippen LogP contribution is -2.32. The van der Waals surface area contributed by atoms with E-state index in [9.17, 15) is 9.59 Å². The smallest absolute Gasteiger partial charge is 0.251 e. The Bertz CT molecular complexity index is 590. The molecule has 1 aliphatic carbocycles. The number of amides is 2. The molecule has 0 spiro atoms. The summed E-state index contributed by atoms with van der Waals surface area (Å²) in [5, 5.41) is 2.92. The minimum absolute atomic E-state index is 0.181. The molecule has 6 heteroatoms. The van der Waals surface area contributed by atoms with Crippen molar-refractivity contribution in [3.05, 3.63) is 23.8 Å². The van der Waals surface area contributed by atoms with E-state index in [-0.39, 0.29) is 17.7 Å². The fraction of sp³-hybridized carbons (Fsp3) is 0.529. The van der Waals surface area contributed by atoms with Gasteiger partial charge in [-0.25, -0.2) is 0 Å². The van der Waals surface area contributed by atoms with Crippen LogP contribution < -0.4 is 14.8 Å². The number of rotatable bonds is 6. The summed E-state index contributed by atoms with van der Waals surface area (Å²) in [4.78, 5) is 26.2. The van der Waals surface area contributed by atoms with Crippen LogP contribution in [0.4, 0.5) is 0 Å². The summed E-state index contributed by atoms with van der Waals surface area (Å²) in [6, 6.07) is 5.52. The van der Waals surface area contributed by atoms with Crippen LogP contribution in [0.5, 0.6) is 11.5 Å². The van der Waals surface area contributed by atoms with Crippen LogP contribution in [0, 0.1) is 5.92 Å². The standard InChI is InChI=1S/C17H22N2O4/c1-22-14-6-12(7-15(8-14)23-2)17(21)18-9-11-5-16(20)19(10-11)13-3-4-13/h6-8,11,13H,3-5,9-10H2,1-2H3,(H,18,21). The highest BCUT2D eigenvalue weighted by Crippen LogP contribution is 2.32. The number of nitrogens with one attached hydrogen (secondary N) is 1. The molecule has 2 amide bonds. The van der Waals surface area contributed by atoms with Gasteiger partial charge in [0.15, 0.2) is 0 Å². The van der Waals surface area contributed by atoms with Crippen LogP contribution in [0.2, 0.25) is 0 Å². The summed E-state index contributed by atoms with van der Waals surface area (Å²) in [5.41, 5.74) is 0.490. The molecule has 1 saturated carbocycles. The summed E-state index contributed by atoms with van der Waals surface area (Å²) in [6.45, 7) is 1.26. The molecule has 1 heterocycles. The van der Waals surface area contributed by atoms with Gasteiger partial charge in [-0.15, -0.1) is 0 Å². The number of carbonyl (C=O) groups excluding carboxylic acids is 2. The summed E-state index contributed by atoms with van der Waals surface area (Å²) < 4.78 is 10.4. The van der Waals surface area contributed by atoms with Crippen molar-refractivity contribution < 1.29 is 19.1 Å². The molecule has 1 aromatic carbocycles. The Labute approximate surface area is 135 Å². The first-order valence-electron chi connectivity index (χ1n) is 7.91. The van der Waals surface area contributed by atoms with Crippen molar-refractivity contribution in [3.8, 4) is 11.5 Å². The number of likely N-dealkylation sites (tertiary alicyclic amines) is 1. The van der Waals surface area contributed by atoms with Gasteiger partial charge in [-0.1, -0.05) is 0 Å². The number of ether oxygens (including phenoxy) is 2. The molecule has 6 nitrogen and oxygen atoms in total. The molecule has 2 aliphatic rings. The number of benzene rings is 1. The summed E-state index contributed by atoms with van der Waals surface area (Å²) in [6.07, 6.45) is 2.76. The predicted octanol–water partition coefficient (Wildman–Crippen LogP) is 1.44. The maximum Gasteiger partial charge on any atom is 0.251 e. The van der Waals surface area contributed by atoms with Crippen molar-refractivity contribution in [2.24, 2.45) is 5.92 Å². The second kappa shape index (κ2) is 6.48. The molecular formula is C17H22N2O4. The van der Waals surface area contributed by atoms with Gasteiger partial charge in [-0.05, 0) is 25.0 Å². The maximum absolute atomic E-state index is 12.3. The van der Waals surface area contributed by atoms with E-state index in [1.807, 2.05) is 4.90 Å². The van der Waals surface area contributed by atoms with Crippen molar-refractivity contribution in [1.82, 2.24) is 10.2 Å². The molecule has 1 atom stereocenters. The summed E-state index contributed by atoms with van der Waals surface area (Å²) in [7, 11) is 3.10. The van der Waals surface area contributed by atoms with E-state index in [1.165, 1.54) is 0 Å². The predicted molar refractivity (Wildman–Crippen MR) is 84.7 cm³/mol. The Balaban J connectivity index is 1.58. The first-order valence-corrected chi connectivity index (χ1v) is 7.91. The van der Waals surface area contributed by atoms with E-state index in [0.29, 0.717) is 36.1 Å². The third kappa shape index (κ3) is 3.57. The van der Waals surface area contributed by atoms with Gasteiger partial charge < -0.3 is 19.7 Å². The highest BCUT2D eigenvalue weighted by Gasteiger charge is 2.39. The fourth-order valence-electron chi connectivity index (χ4n) is 2.96. The average Bonchev–Trinajstić information content (AvgIpc) is 3.35. The number of carbonyl (C=O) groups is 2. The Morgan fingerprint density at radius 2 is 1.87 bits per heavy atom. The van der Waals surface area contributed by atoms with Crippen molar-refractivity contribution in [2.45, 2.75) is 25.3 Å². The first kappa shape index (κ1) is 15.6. The van der Waals surface area contributed by atoms with Crippen molar-refractivity contribution >= 4 is 11.8 Å². The molecule has 23 heavy (non-hydrogen) atoms. The Kier molecular flexibility index (Phi) is 4.41. The molecule has 2 fully saturated rings. The highest BCUT2D eigenvalue weighted by molar-refractivity contribution is 5.95. The number of hydrogen-bond acceptors (Lipinski definition) is 4. The average molecular weight is 318 g/mol. The van der Waals surface area contributed by atoms with E-state index >= 15 is 0 Å². The van der Waals surface area contributed by atoms with Crippen LogP contribution in [0.1, 0.15) is 29.6 Å².